The zero-order valence-corrected chi connectivity index (χ0v) is 12.3. The van der Waals surface area contributed by atoms with E-state index >= 15 is 0 Å². The number of nitrogens with one attached hydrogen (secondary N) is 2. The van der Waals surface area contributed by atoms with Gasteiger partial charge in [0, 0.05) is 19.8 Å². The Kier molecular flexibility index (Phi) is 5.28. The van der Waals surface area contributed by atoms with Gasteiger partial charge in [-0.05, 0) is 13.8 Å². The zero-order valence-electron chi connectivity index (χ0n) is 11.5. The molecule has 8 nitrogen and oxygen atoms in total. The third-order valence-electron chi connectivity index (χ3n) is 1.94. The summed E-state index contributed by atoms with van der Waals surface area (Å²) in [5, 5.41) is 5.62. The fraction of sp³-hybridized carbons (Fsp3) is 0.700. The van der Waals surface area contributed by atoms with Crippen LogP contribution in [-0.4, -0.2) is 55.1 Å². The molecule has 1 aromatic rings. The van der Waals surface area contributed by atoms with Crippen molar-refractivity contribution in [1.29, 1.82) is 0 Å². The van der Waals surface area contributed by atoms with Crippen LogP contribution in [0.3, 0.4) is 0 Å². The normalized spacial score (nSPS) is 11.4. The van der Waals surface area contributed by atoms with Crippen molar-refractivity contribution in [3.63, 3.8) is 0 Å². The van der Waals surface area contributed by atoms with E-state index in [-0.39, 0.29) is 30.4 Å². The van der Waals surface area contributed by atoms with Gasteiger partial charge in [0.1, 0.15) is 9.84 Å². The van der Waals surface area contributed by atoms with Crippen molar-refractivity contribution < 1.29 is 13.2 Å². The van der Waals surface area contributed by atoms with Gasteiger partial charge in [-0.1, -0.05) is 0 Å². The second-order valence-corrected chi connectivity index (χ2v) is 6.50. The van der Waals surface area contributed by atoms with E-state index in [9.17, 15) is 8.42 Å². The van der Waals surface area contributed by atoms with Gasteiger partial charge in [0.25, 0.3) is 0 Å². The van der Waals surface area contributed by atoms with Crippen LogP contribution < -0.4 is 15.4 Å². The minimum atomic E-state index is -3.02. The van der Waals surface area contributed by atoms with E-state index in [1.165, 1.54) is 6.26 Å². The molecule has 0 radical (unpaired) electrons. The number of hydrogen-bond donors (Lipinski definition) is 2. The molecule has 0 aromatic carbocycles. The first-order chi connectivity index (χ1) is 8.80. The van der Waals surface area contributed by atoms with Gasteiger partial charge in [0.05, 0.1) is 11.9 Å². The van der Waals surface area contributed by atoms with Crippen LogP contribution in [0.5, 0.6) is 6.01 Å². The Morgan fingerprint density at radius 2 is 1.84 bits per heavy atom. The molecule has 0 atom stereocenters. The van der Waals surface area contributed by atoms with Gasteiger partial charge in [-0.3, -0.25) is 0 Å². The number of sulfone groups is 1. The quantitative estimate of drug-likeness (QED) is 0.731. The highest BCUT2D eigenvalue weighted by atomic mass is 32.2. The van der Waals surface area contributed by atoms with E-state index in [4.69, 9.17) is 4.74 Å². The minimum Gasteiger partial charge on any atom is -0.461 e. The fourth-order valence-corrected chi connectivity index (χ4v) is 1.63. The van der Waals surface area contributed by atoms with Crippen molar-refractivity contribution in [2.75, 3.05) is 36.2 Å². The molecule has 0 unspecified atom stereocenters. The molecular weight excluding hydrogens is 270 g/mol. The van der Waals surface area contributed by atoms with Crippen LogP contribution in [0.2, 0.25) is 0 Å². The monoisotopic (exact) mass is 289 g/mol. The van der Waals surface area contributed by atoms with Gasteiger partial charge in [-0.15, -0.1) is 0 Å². The average Bonchev–Trinajstić information content (AvgIpc) is 2.26. The summed E-state index contributed by atoms with van der Waals surface area (Å²) in [6.07, 6.45) is 1.12. The van der Waals surface area contributed by atoms with Crippen LogP contribution in [0.25, 0.3) is 0 Å². The number of ether oxygens (including phenoxy) is 1. The van der Waals surface area contributed by atoms with Crippen LogP contribution in [-0.2, 0) is 9.84 Å². The third-order valence-corrected chi connectivity index (χ3v) is 2.88. The van der Waals surface area contributed by atoms with Gasteiger partial charge >= 0.3 is 6.01 Å². The molecule has 0 saturated carbocycles. The maximum atomic E-state index is 11.0. The van der Waals surface area contributed by atoms with Crippen LogP contribution in [0.1, 0.15) is 13.8 Å². The highest BCUT2D eigenvalue weighted by Crippen LogP contribution is 2.11. The SMILES string of the molecule is CNc1nc(NCCS(C)(=O)=O)nc(OC(C)C)n1. The summed E-state index contributed by atoms with van der Waals surface area (Å²) in [4.78, 5) is 12.1. The maximum Gasteiger partial charge on any atom is 0.323 e. The molecule has 108 valence electrons. The number of anilines is 2. The summed E-state index contributed by atoms with van der Waals surface area (Å²) in [7, 11) is -1.34. The second kappa shape index (κ2) is 6.50. The van der Waals surface area contributed by atoms with Crippen molar-refractivity contribution >= 4 is 21.7 Å². The average molecular weight is 289 g/mol. The first-order valence-electron chi connectivity index (χ1n) is 5.82. The molecule has 0 aliphatic heterocycles. The lowest BCUT2D eigenvalue weighted by Gasteiger charge is -2.10. The van der Waals surface area contributed by atoms with Gasteiger partial charge in [-0.25, -0.2) is 8.42 Å². The van der Waals surface area contributed by atoms with E-state index in [1.807, 2.05) is 13.8 Å². The van der Waals surface area contributed by atoms with E-state index in [2.05, 4.69) is 25.6 Å². The molecule has 9 heteroatoms. The largest absolute Gasteiger partial charge is 0.461 e. The van der Waals surface area contributed by atoms with Crippen molar-refractivity contribution in [3.05, 3.63) is 0 Å². The fourth-order valence-electron chi connectivity index (χ4n) is 1.16. The molecule has 1 heterocycles. The molecule has 19 heavy (non-hydrogen) atoms. The van der Waals surface area contributed by atoms with Crippen molar-refractivity contribution in [2.45, 2.75) is 20.0 Å². The number of hydrogen-bond acceptors (Lipinski definition) is 8. The molecule has 0 saturated heterocycles. The Bertz CT molecular complexity index is 518. The Balaban J connectivity index is 2.76. The van der Waals surface area contributed by atoms with Gasteiger partial charge in [0.2, 0.25) is 11.9 Å². The summed E-state index contributed by atoms with van der Waals surface area (Å²) in [5.41, 5.74) is 0. The lowest BCUT2D eigenvalue weighted by atomic mass is 10.5. The Hall–Kier alpha value is -1.64. The molecule has 2 N–H and O–H groups in total. The molecule has 0 aliphatic carbocycles. The van der Waals surface area contributed by atoms with E-state index < -0.39 is 9.84 Å². The van der Waals surface area contributed by atoms with Crippen molar-refractivity contribution in [1.82, 2.24) is 15.0 Å². The van der Waals surface area contributed by atoms with Crippen LogP contribution in [0.4, 0.5) is 11.9 Å². The summed E-state index contributed by atoms with van der Waals surface area (Å²) >= 11 is 0. The van der Waals surface area contributed by atoms with Crippen molar-refractivity contribution in [2.24, 2.45) is 0 Å². The first-order valence-corrected chi connectivity index (χ1v) is 7.88. The molecule has 0 fully saturated rings. The summed E-state index contributed by atoms with van der Waals surface area (Å²) in [6.45, 7) is 3.95. The lowest BCUT2D eigenvalue weighted by molar-refractivity contribution is 0.222. The van der Waals surface area contributed by atoms with E-state index in [0.717, 1.165) is 0 Å². The van der Waals surface area contributed by atoms with Gasteiger partial charge < -0.3 is 15.4 Å². The maximum absolute atomic E-state index is 11.0. The van der Waals surface area contributed by atoms with Crippen LogP contribution in [0, 0.1) is 0 Å². The number of rotatable bonds is 7. The smallest absolute Gasteiger partial charge is 0.323 e. The first kappa shape index (κ1) is 15.4. The van der Waals surface area contributed by atoms with Crippen LogP contribution in [0.15, 0.2) is 0 Å². The van der Waals surface area contributed by atoms with Crippen LogP contribution >= 0.6 is 0 Å². The molecule has 1 rings (SSSR count). The summed E-state index contributed by atoms with van der Waals surface area (Å²) < 4.78 is 27.4. The van der Waals surface area contributed by atoms with Crippen molar-refractivity contribution in [3.8, 4) is 6.01 Å². The minimum absolute atomic E-state index is 0.00788. The summed E-state index contributed by atoms with van der Waals surface area (Å²) in [6, 6.07) is 0.191. The number of nitrogens with zero attached hydrogens (tertiary/aromatic N) is 3. The molecule has 0 spiro atoms. The standard InChI is InChI=1S/C10H19N5O3S/c1-7(2)18-10-14-8(11-3)13-9(15-10)12-5-6-19(4,16)17/h7H,5-6H2,1-4H3,(H2,11,12,13,14,15). The highest BCUT2D eigenvalue weighted by molar-refractivity contribution is 7.90. The number of aromatic nitrogens is 3. The predicted molar refractivity (Wildman–Crippen MR) is 73.3 cm³/mol. The van der Waals surface area contributed by atoms with E-state index in [0.29, 0.717) is 5.95 Å². The topological polar surface area (TPSA) is 106 Å². The molecular formula is C10H19N5O3S. The van der Waals surface area contributed by atoms with Gasteiger partial charge in [0.15, 0.2) is 0 Å². The molecule has 0 bridgehead atoms. The lowest BCUT2D eigenvalue weighted by Crippen LogP contribution is -2.17. The Labute approximate surface area is 112 Å². The predicted octanol–water partition coefficient (Wildman–Crippen LogP) is 0.157. The third kappa shape index (κ3) is 6.18. The molecule has 0 aliphatic rings. The Morgan fingerprint density at radius 1 is 1.21 bits per heavy atom. The van der Waals surface area contributed by atoms with E-state index in [1.54, 1.807) is 7.05 Å². The zero-order chi connectivity index (χ0) is 14.5. The summed E-state index contributed by atoms with van der Waals surface area (Å²) in [5.74, 6) is 0.639. The molecule has 0 amide bonds. The molecule has 1 aromatic heterocycles. The highest BCUT2D eigenvalue weighted by Gasteiger charge is 2.09. The second-order valence-electron chi connectivity index (χ2n) is 4.24. The Morgan fingerprint density at radius 3 is 2.37 bits per heavy atom. The van der Waals surface area contributed by atoms with Gasteiger partial charge in [-0.2, -0.15) is 15.0 Å².